The van der Waals surface area contributed by atoms with E-state index in [1.54, 1.807) is 18.6 Å². The van der Waals surface area contributed by atoms with E-state index in [4.69, 9.17) is 0 Å². The first-order chi connectivity index (χ1) is 8.81. The molecule has 90 valence electrons. The zero-order valence-electron chi connectivity index (χ0n) is 9.39. The minimum absolute atomic E-state index is 0.346. The predicted molar refractivity (Wildman–Crippen MR) is 65.4 cm³/mol. The van der Waals surface area contributed by atoms with Gasteiger partial charge in [0.05, 0.1) is 12.4 Å². The highest BCUT2D eigenvalue weighted by atomic mass is 19.1. The molecular weight excluding hydrogens is 233 g/mol. The van der Waals surface area contributed by atoms with Crippen LogP contribution in [-0.2, 0) is 6.54 Å². The quantitative estimate of drug-likeness (QED) is 0.739. The summed E-state index contributed by atoms with van der Waals surface area (Å²) in [5.41, 5.74) is 2.29. The fourth-order valence-electron chi connectivity index (χ4n) is 1.66. The van der Waals surface area contributed by atoms with Crippen molar-refractivity contribution in [1.29, 1.82) is 0 Å². The summed E-state index contributed by atoms with van der Waals surface area (Å²) >= 11 is 0. The zero-order valence-corrected chi connectivity index (χ0v) is 9.39. The number of aromatic nitrogens is 4. The molecule has 5 nitrogen and oxygen atoms in total. The van der Waals surface area contributed by atoms with Crippen LogP contribution in [0.25, 0.3) is 11.2 Å². The first-order valence-corrected chi connectivity index (χ1v) is 5.45. The van der Waals surface area contributed by atoms with Gasteiger partial charge in [-0.15, -0.1) is 0 Å². The summed E-state index contributed by atoms with van der Waals surface area (Å²) in [6.45, 7) is 0.454. The van der Waals surface area contributed by atoms with Gasteiger partial charge in [0.25, 0.3) is 0 Å². The summed E-state index contributed by atoms with van der Waals surface area (Å²) in [6, 6.07) is 3.28. The Morgan fingerprint density at radius 2 is 2.22 bits per heavy atom. The highest BCUT2D eigenvalue weighted by Crippen LogP contribution is 2.11. The van der Waals surface area contributed by atoms with Crippen molar-refractivity contribution in [3.05, 3.63) is 48.3 Å². The molecule has 0 unspecified atom stereocenters. The van der Waals surface area contributed by atoms with Gasteiger partial charge in [-0.2, -0.15) is 0 Å². The van der Waals surface area contributed by atoms with Crippen LogP contribution in [0, 0.1) is 5.82 Å². The number of fused-ring (bicyclic) bond motifs is 1. The molecule has 0 bridgehead atoms. The Morgan fingerprint density at radius 1 is 1.28 bits per heavy atom. The monoisotopic (exact) mass is 243 g/mol. The number of rotatable bonds is 3. The van der Waals surface area contributed by atoms with Crippen molar-refractivity contribution in [2.24, 2.45) is 0 Å². The van der Waals surface area contributed by atoms with Crippen molar-refractivity contribution >= 4 is 17.0 Å². The van der Waals surface area contributed by atoms with Gasteiger partial charge in [0.15, 0.2) is 5.65 Å². The number of nitrogens with one attached hydrogen (secondary N) is 2. The van der Waals surface area contributed by atoms with Gasteiger partial charge in [-0.1, -0.05) is 0 Å². The second kappa shape index (κ2) is 4.40. The average Bonchev–Trinajstić information content (AvgIpc) is 2.84. The molecule has 6 heteroatoms. The number of halogens is 1. The average molecular weight is 243 g/mol. The van der Waals surface area contributed by atoms with Gasteiger partial charge < -0.3 is 10.3 Å². The van der Waals surface area contributed by atoms with E-state index in [0.717, 1.165) is 16.7 Å². The highest BCUT2D eigenvalue weighted by Gasteiger charge is 2.01. The molecule has 3 heterocycles. The summed E-state index contributed by atoms with van der Waals surface area (Å²) in [4.78, 5) is 15.3. The lowest BCUT2D eigenvalue weighted by Gasteiger charge is -2.04. The van der Waals surface area contributed by atoms with E-state index in [9.17, 15) is 4.39 Å². The van der Waals surface area contributed by atoms with E-state index in [-0.39, 0.29) is 5.82 Å². The van der Waals surface area contributed by atoms with Gasteiger partial charge in [-0.25, -0.2) is 14.4 Å². The molecule has 0 radical (unpaired) electrons. The number of anilines is 1. The number of aromatic amines is 1. The third-order valence-corrected chi connectivity index (χ3v) is 2.50. The Hall–Kier alpha value is -2.50. The Bertz CT molecular complexity index is 679. The summed E-state index contributed by atoms with van der Waals surface area (Å²) in [5, 5.41) is 3.08. The lowest BCUT2D eigenvalue weighted by molar-refractivity contribution is 0.619. The van der Waals surface area contributed by atoms with Crippen LogP contribution in [0.2, 0.25) is 0 Å². The third kappa shape index (κ3) is 2.13. The van der Waals surface area contributed by atoms with E-state index in [0.29, 0.717) is 12.4 Å². The Kier molecular flexibility index (Phi) is 2.60. The van der Waals surface area contributed by atoms with Gasteiger partial charge in [-0.3, -0.25) is 4.98 Å². The van der Waals surface area contributed by atoms with E-state index in [1.807, 2.05) is 6.07 Å². The summed E-state index contributed by atoms with van der Waals surface area (Å²) in [6.07, 6.45) is 6.20. The molecule has 0 fully saturated rings. The van der Waals surface area contributed by atoms with Gasteiger partial charge >= 0.3 is 0 Å². The summed E-state index contributed by atoms with van der Waals surface area (Å²) in [5.74, 6) is 0.299. The van der Waals surface area contributed by atoms with Crippen LogP contribution in [0.1, 0.15) is 5.56 Å². The Labute approximate surface area is 102 Å². The molecule has 0 saturated carbocycles. The largest absolute Gasteiger partial charge is 0.365 e. The molecule has 3 aromatic heterocycles. The molecule has 0 atom stereocenters. The van der Waals surface area contributed by atoms with Gasteiger partial charge in [-0.05, 0) is 17.7 Å². The zero-order chi connectivity index (χ0) is 12.4. The number of hydrogen-bond acceptors (Lipinski definition) is 4. The third-order valence-electron chi connectivity index (χ3n) is 2.50. The number of nitrogens with zero attached hydrogens (tertiary/aromatic N) is 3. The lowest BCUT2D eigenvalue weighted by Crippen LogP contribution is -2.02. The van der Waals surface area contributed by atoms with Crippen LogP contribution in [0.3, 0.4) is 0 Å². The Morgan fingerprint density at radius 3 is 3.11 bits per heavy atom. The second-order valence-corrected chi connectivity index (χ2v) is 3.83. The molecule has 0 aliphatic heterocycles. The van der Waals surface area contributed by atoms with Gasteiger partial charge in [0.2, 0.25) is 0 Å². The molecule has 0 aliphatic carbocycles. The van der Waals surface area contributed by atoms with E-state index >= 15 is 0 Å². The van der Waals surface area contributed by atoms with E-state index in [2.05, 4.69) is 25.3 Å². The van der Waals surface area contributed by atoms with Crippen LogP contribution in [0.15, 0.2) is 36.9 Å². The minimum atomic E-state index is -0.346. The van der Waals surface area contributed by atoms with Gasteiger partial charge in [0.1, 0.15) is 17.2 Å². The molecule has 0 spiro atoms. The lowest BCUT2D eigenvalue weighted by atomic mass is 10.3. The molecule has 3 aromatic rings. The van der Waals surface area contributed by atoms with Crippen molar-refractivity contribution < 1.29 is 4.39 Å². The number of hydrogen-bond donors (Lipinski definition) is 2. The van der Waals surface area contributed by atoms with Crippen LogP contribution in [-0.4, -0.2) is 19.9 Å². The SMILES string of the molecule is Fc1cncc(CNc2cnc3[nH]ccc3n2)c1. The summed E-state index contributed by atoms with van der Waals surface area (Å²) in [7, 11) is 0. The van der Waals surface area contributed by atoms with Crippen LogP contribution in [0.5, 0.6) is 0 Å². The number of pyridine rings is 1. The first kappa shape index (κ1) is 10.6. The summed E-state index contributed by atoms with van der Waals surface area (Å²) < 4.78 is 12.9. The molecule has 3 rings (SSSR count). The van der Waals surface area contributed by atoms with Crippen molar-refractivity contribution in [2.75, 3.05) is 5.32 Å². The predicted octanol–water partition coefficient (Wildman–Crippen LogP) is 2.10. The molecule has 0 aromatic carbocycles. The fraction of sp³-hybridized carbons (Fsp3) is 0.0833. The van der Waals surface area contributed by atoms with E-state index < -0.39 is 0 Å². The van der Waals surface area contributed by atoms with E-state index in [1.165, 1.54) is 12.3 Å². The maximum Gasteiger partial charge on any atom is 0.156 e. The fourth-order valence-corrected chi connectivity index (χ4v) is 1.66. The van der Waals surface area contributed by atoms with Crippen molar-refractivity contribution in [1.82, 2.24) is 19.9 Å². The minimum Gasteiger partial charge on any atom is -0.365 e. The molecule has 18 heavy (non-hydrogen) atoms. The van der Waals surface area contributed by atoms with Crippen LogP contribution < -0.4 is 5.32 Å². The number of H-pyrrole nitrogens is 1. The molecule has 2 N–H and O–H groups in total. The second-order valence-electron chi connectivity index (χ2n) is 3.83. The first-order valence-electron chi connectivity index (χ1n) is 5.45. The maximum atomic E-state index is 12.9. The topological polar surface area (TPSA) is 66.5 Å². The highest BCUT2D eigenvalue weighted by molar-refractivity contribution is 5.71. The van der Waals surface area contributed by atoms with Crippen molar-refractivity contribution in [3.63, 3.8) is 0 Å². The molecule has 0 amide bonds. The normalized spacial score (nSPS) is 10.7. The maximum absolute atomic E-state index is 12.9. The Balaban J connectivity index is 1.76. The molecule has 0 aliphatic rings. The smallest absolute Gasteiger partial charge is 0.156 e. The van der Waals surface area contributed by atoms with Crippen molar-refractivity contribution in [2.45, 2.75) is 6.54 Å². The van der Waals surface area contributed by atoms with Crippen molar-refractivity contribution in [3.8, 4) is 0 Å². The van der Waals surface area contributed by atoms with Crippen LogP contribution >= 0.6 is 0 Å². The standard InChI is InChI=1S/C12H10FN5/c13-9-3-8(4-14-6-9)5-16-11-7-17-12-10(18-11)1-2-15-12/h1-4,6-7H,5H2,(H,15,17)(H,16,18). The molecule has 0 saturated heterocycles. The molecular formula is C12H10FN5. The van der Waals surface area contributed by atoms with Gasteiger partial charge in [0, 0.05) is 18.9 Å². The van der Waals surface area contributed by atoms with Crippen LogP contribution in [0.4, 0.5) is 10.2 Å².